The van der Waals surface area contributed by atoms with E-state index in [0.29, 0.717) is 18.7 Å². The Bertz CT molecular complexity index is 1600. The second-order valence-corrected chi connectivity index (χ2v) is 13.2. The Morgan fingerprint density at radius 1 is 0.762 bits per heavy atom. The molecule has 2 unspecified atom stereocenters. The number of benzene rings is 4. The van der Waals surface area contributed by atoms with Crippen LogP contribution in [0.15, 0.2) is 115 Å². The standard InChI is InChI=1S/C35H34NO4PS/c37-34(36-32(35(38)39)22-30-24-42-33-14-8-7-13-31(30)33)29(23-41(40)20-19-25-9-3-1-4-10-25)21-26-15-17-28(18-16-26)27-11-5-2-6-12-27/h1-18,24,29,32,40H,19-23H2,(H,36,37)(H,38,39)/t29-,32?,41?/m0/s1. The fourth-order valence-corrected chi connectivity index (χ4v) is 7.62. The van der Waals surface area contributed by atoms with Crippen molar-refractivity contribution in [2.24, 2.45) is 5.92 Å². The number of carboxylic acids is 1. The quantitative estimate of drug-likeness (QED) is 0.126. The lowest BCUT2D eigenvalue weighted by Crippen LogP contribution is -2.46. The highest BCUT2D eigenvalue weighted by molar-refractivity contribution is 7.51. The van der Waals surface area contributed by atoms with E-state index >= 15 is 0 Å². The highest BCUT2D eigenvalue weighted by Gasteiger charge is 2.28. The number of rotatable bonds is 13. The molecule has 0 saturated heterocycles. The monoisotopic (exact) mass is 595 g/mol. The first-order chi connectivity index (χ1) is 20.5. The summed E-state index contributed by atoms with van der Waals surface area (Å²) in [6, 6.07) is 35.0. The van der Waals surface area contributed by atoms with Crippen LogP contribution in [-0.4, -0.2) is 40.2 Å². The minimum atomic E-state index is -1.43. The van der Waals surface area contributed by atoms with Gasteiger partial charge in [-0.25, -0.2) is 4.79 Å². The Kier molecular flexibility index (Phi) is 10.1. The van der Waals surface area contributed by atoms with Crippen LogP contribution in [0.5, 0.6) is 0 Å². The van der Waals surface area contributed by atoms with Gasteiger partial charge in [-0.15, -0.1) is 11.3 Å². The van der Waals surface area contributed by atoms with Gasteiger partial charge in [-0.2, -0.15) is 0 Å². The third kappa shape index (κ3) is 7.92. The van der Waals surface area contributed by atoms with E-state index in [2.05, 4.69) is 17.4 Å². The summed E-state index contributed by atoms with van der Waals surface area (Å²) < 4.78 is 1.09. The maximum atomic E-state index is 13.7. The molecule has 3 atom stereocenters. The van der Waals surface area contributed by atoms with Gasteiger partial charge in [-0.1, -0.05) is 103 Å². The zero-order valence-corrected chi connectivity index (χ0v) is 24.9. The number of nitrogens with one attached hydrogen (secondary N) is 1. The van der Waals surface area contributed by atoms with Crippen molar-refractivity contribution in [1.82, 2.24) is 5.32 Å². The number of carbonyl (C=O) groups excluding carboxylic acids is 1. The van der Waals surface area contributed by atoms with Crippen molar-refractivity contribution in [2.45, 2.75) is 25.3 Å². The zero-order chi connectivity index (χ0) is 29.3. The van der Waals surface area contributed by atoms with Crippen molar-refractivity contribution in [3.63, 3.8) is 0 Å². The molecule has 0 saturated carbocycles. The van der Waals surface area contributed by atoms with E-state index in [4.69, 9.17) is 0 Å². The number of carboxylic acid groups (broad SMARTS) is 1. The van der Waals surface area contributed by atoms with Crippen LogP contribution in [0.1, 0.15) is 16.7 Å². The van der Waals surface area contributed by atoms with Crippen LogP contribution in [0.4, 0.5) is 0 Å². The van der Waals surface area contributed by atoms with Crippen LogP contribution in [0.25, 0.3) is 21.2 Å². The van der Waals surface area contributed by atoms with Gasteiger partial charge in [0, 0.05) is 31.3 Å². The van der Waals surface area contributed by atoms with Crippen LogP contribution >= 0.6 is 19.5 Å². The fraction of sp³-hybridized carbons (Fsp3) is 0.200. The summed E-state index contributed by atoms with van der Waals surface area (Å²) in [6.45, 7) is 0. The molecule has 0 bridgehead atoms. The van der Waals surface area contributed by atoms with Crippen molar-refractivity contribution in [3.8, 4) is 11.1 Å². The smallest absolute Gasteiger partial charge is 0.326 e. The Hall–Kier alpha value is -3.83. The molecule has 3 N–H and O–H groups in total. The van der Waals surface area contributed by atoms with E-state index in [0.717, 1.165) is 44.3 Å². The van der Waals surface area contributed by atoms with E-state index in [9.17, 15) is 19.6 Å². The van der Waals surface area contributed by atoms with Gasteiger partial charge < -0.3 is 15.3 Å². The molecular formula is C35H34NO4PS. The number of thiophene rings is 1. The predicted molar refractivity (Wildman–Crippen MR) is 173 cm³/mol. The summed E-state index contributed by atoms with van der Waals surface area (Å²) in [5.41, 5.74) is 5.22. The molecule has 42 heavy (non-hydrogen) atoms. The van der Waals surface area contributed by atoms with Crippen LogP contribution < -0.4 is 5.32 Å². The van der Waals surface area contributed by atoms with Gasteiger partial charge in [0.15, 0.2) is 0 Å². The maximum absolute atomic E-state index is 13.7. The van der Waals surface area contributed by atoms with Gasteiger partial charge in [0.05, 0.1) is 0 Å². The number of aliphatic carboxylic acids is 1. The molecular weight excluding hydrogens is 561 g/mol. The first-order valence-electron chi connectivity index (χ1n) is 14.1. The number of fused-ring (bicyclic) bond motifs is 1. The molecule has 0 aliphatic heterocycles. The molecule has 1 heterocycles. The van der Waals surface area contributed by atoms with Crippen LogP contribution in [-0.2, 0) is 28.9 Å². The summed E-state index contributed by atoms with van der Waals surface area (Å²) in [5.74, 6) is -1.96. The third-order valence-electron chi connectivity index (χ3n) is 7.45. The summed E-state index contributed by atoms with van der Waals surface area (Å²) >= 11 is 1.57. The third-order valence-corrected chi connectivity index (χ3v) is 10.1. The summed E-state index contributed by atoms with van der Waals surface area (Å²) in [5, 5.41) is 15.8. The van der Waals surface area contributed by atoms with Gasteiger partial charge in [0.1, 0.15) is 6.04 Å². The van der Waals surface area contributed by atoms with Crippen LogP contribution in [0.2, 0.25) is 0 Å². The summed E-state index contributed by atoms with van der Waals surface area (Å²) in [4.78, 5) is 37.0. The van der Waals surface area contributed by atoms with Gasteiger partial charge in [0.2, 0.25) is 5.91 Å². The lowest BCUT2D eigenvalue weighted by atomic mass is 9.96. The van der Waals surface area contributed by atoms with E-state index in [1.165, 1.54) is 0 Å². The molecule has 4 aromatic carbocycles. The fourth-order valence-electron chi connectivity index (χ4n) is 5.14. The molecule has 1 aromatic heterocycles. The van der Waals surface area contributed by atoms with Gasteiger partial charge in [-0.3, -0.25) is 4.79 Å². The highest BCUT2D eigenvalue weighted by Crippen LogP contribution is 2.35. The molecule has 5 rings (SSSR count). The molecule has 5 aromatic rings. The van der Waals surface area contributed by atoms with Crippen molar-refractivity contribution in [1.29, 1.82) is 0 Å². The molecule has 0 aliphatic carbocycles. The molecule has 214 valence electrons. The van der Waals surface area contributed by atoms with Crippen molar-refractivity contribution < 1.29 is 19.6 Å². The van der Waals surface area contributed by atoms with E-state index < -0.39 is 26.1 Å². The predicted octanol–water partition coefficient (Wildman–Crippen LogP) is 7.17. The Labute approximate surface area is 251 Å². The van der Waals surface area contributed by atoms with Gasteiger partial charge in [0.25, 0.3) is 0 Å². The topological polar surface area (TPSA) is 86.6 Å². The number of carbonyl (C=O) groups is 2. The van der Waals surface area contributed by atoms with Crippen LogP contribution in [0.3, 0.4) is 0 Å². The normalized spacial score (nSPS) is 13.4. The van der Waals surface area contributed by atoms with E-state index in [1.807, 2.05) is 102 Å². The SMILES string of the molecule is O=C(O)C(Cc1csc2ccccc12)NC(=O)[C@@H](Cc1ccc(-c2ccccc2)cc1)CP(O)CCc1ccccc1. The summed E-state index contributed by atoms with van der Waals surface area (Å²) in [7, 11) is -1.43. The molecule has 7 heteroatoms. The highest BCUT2D eigenvalue weighted by atomic mass is 32.1. The molecule has 0 radical (unpaired) electrons. The molecule has 1 amide bonds. The Balaban J connectivity index is 1.31. The lowest BCUT2D eigenvalue weighted by molar-refractivity contribution is -0.142. The van der Waals surface area contributed by atoms with Crippen molar-refractivity contribution >= 4 is 41.4 Å². The van der Waals surface area contributed by atoms with E-state index in [1.54, 1.807) is 11.3 Å². The van der Waals surface area contributed by atoms with Crippen LogP contribution in [0, 0.1) is 5.92 Å². The number of aryl methyl sites for hydroxylation is 1. The summed E-state index contributed by atoms with van der Waals surface area (Å²) in [6.07, 6.45) is 2.23. The minimum Gasteiger partial charge on any atom is -0.480 e. The average molecular weight is 596 g/mol. The average Bonchev–Trinajstić information content (AvgIpc) is 3.43. The Morgan fingerprint density at radius 3 is 2.12 bits per heavy atom. The van der Waals surface area contributed by atoms with Crippen molar-refractivity contribution in [2.75, 3.05) is 12.3 Å². The second kappa shape index (κ2) is 14.4. The zero-order valence-electron chi connectivity index (χ0n) is 23.2. The molecule has 0 aliphatic rings. The number of amides is 1. The largest absolute Gasteiger partial charge is 0.480 e. The molecule has 0 fully saturated rings. The molecule has 5 nitrogen and oxygen atoms in total. The Morgan fingerprint density at radius 2 is 1.40 bits per heavy atom. The first kappa shape index (κ1) is 29.7. The second-order valence-electron chi connectivity index (χ2n) is 10.5. The van der Waals surface area contributed by atoms with E-state index in [-0.39, 0.29) is 12.3 Å². The maximum Gasteiger partial charge on any atom is 0.326 e. The minimum absolute atomic E-state index is 0.200. The lowest BCUT2D eigenvalue weighted by Gasteiger charge is -2.23. The van der Waals surface area contributed by atoms with Gasteiger partial charge in [-0.05, 0) is 63.7 Å². The first-order valence-corrected chi connectivity index (χ1v) is 16.6. The number of hydrogen-bond donors (Lipinski definition) is 3. The van der Waals surface area contributed by atoms with Gasteiger partial charge >= 0.3 is 5.97 Å². The number of hydrogen-bond acceptors (Lipinski definition) is 4. The van der Waals surface area contributed by atoms with Crippen molar-refractivity contribution in [3.05, 3.63) is 131 Å². The molecule has 0 spiro atoms.